The van der Waals surface area contributed by atoms with Crippen LogP contribution < -0.4 is 31.1 Å². The number of urea groups is 1. The standard InChI is InChI=1S/C51H66N10O6/c52-32-36-12-24-45(53-34-36)55-37-13-16-40(17-14-37)60(51(67)54-33-35-9-5-4-6-10-35)41-20-18-39(19-21-41)59-29-27-58(28-30-59)26-8-3-1-2-7-11-46(62)56-38-15-22-42-43(31-38)50(66)61(49(42)65)44-23-25-47(63)57-48(44)64/h4-6,9-10,12,15,18-22,24,31,34,37,40,44,47-50,57,63-66H,1-3,7-8,11,13-14,16-17,23,25-30,33H2,(H,53,55)(H,54,67)(H,56,62)/t37?,40?,44-,47-,48-,49-,50-/m1/s1. The number of piperidine rings is 1. The molecule has 8 N–H and O–H groups in total. The smallest absolute Gasteiger partial charge is 0.322 e. The van der Waals surface area contributed by atoms with E-state index < -0.39 is 31.0 Å². The molecule has 4 aliphatic rings. The Hall–Kier alpha value is -5.64. The molecule has 5 atom stereocenters. The minimum absolute atomic E-state index is 0.0551. The Labute approximate surface area is 393 Å². The van der Waals surface area contributed by atoms with Gasteiger partial charge in [0.15, 0.2) is 0 Å². The van der Waals surface area contributed by atoms with Gasteiger partial charge >= 0.3 is 6.03 Å². The van der Waals surface area contributed by atoms with E-state index >= 15 is 0 Å². The fourth-order valence-corrected chi connectivity index (χ4v) is 10.1. The number of hydrogen-bond acceptors (Lipinski definition) is 13. The molecule has 3 aliphatic heterocycles. The fourth-order valence-electron chi connectivity index (χ4n) is 10.1. The summed E-state index contributed by atoms with van der Waals surface area (Å²) in [6.45, 7) is 5.37. The minimum atomic E-state index is -1.16. The third-order valence-corrected chi connectivity index (χ3v) is 13.9. The van der Waals surface area contributed by atoms with Crippen molar-refractivity contribution in [1.29, 1.82) is 5.26 Å². The van der Waals surface area contributed by atoms with Gasteiger partial charge in [-0.25, -0.2) is 14.7 Å². The lowest BCUT2D eigenvalue weighted by atomic mass is 9.90. The highest BCUT2D eigenvalue weighted by atomic mass is 16.3. The van der Waals surface area contributed by atoms with E-state index in [1.807, 2.05) is 41.3 Å². The number of benzene rings is 3. The number of unbranched alkanes of at least 4 members (excludes halogenated alkanes) is 4. The molecule has 67 heavy (non-hydrogen) atoms. The van der Waals surface area contributed by atoms with Crippen LogP contribution in [0, 0.1) is 11.3 Å². The molecular weight excluding hydrogens is 849 g/mol. The van der Waals surface area contributed by atoms with Crippen molar-refractivity contribution in [2.24, 2.45) is 0 Å². The van der Waals surface area contributed by atoms with Crippen molar-refractivity contribution in [3.63, 3.8) is 0 Å². The molecule has 3 fully saturated rings. The van der Waals surface area contributed by atoms with Crippen LogP contribution in [0.1, 0.15) is 112 Å². The van der Waals surface area contributed by atoms with Crippen LogP contribution in [0.25, 0.3) is 0 Å². The number of nitrogens with zero attached hydrogens (tertiary/aromatic N) is 6. The summed E-state index contributed by atoms with van der Waals surface area (Å²) >= 11 is 0. The summed E-state index contributed by atoms with van der Waals surface area (Å²) in [5.41, 5.74) is 5.22. The van der Waals surface area contributed by atoms with Gasteiger partial charge in [0.2, 0.25) is 5.91 Å². The van der Waals surface area contributed by atoms with Crippen molar-refractivity contribution in [1.82, 2.24) is 25.4 Å². The molecule has 1 aromatic heterocycles. The van der Waals surface area contributed by atoms with Crippen LogP contribution in [0.4, 0.5) is 27.7 Å². The molecule has 0 bridgehead atoms. The van der Waals surface area contributed by atoms with E-state index in [0.29, 0.717) is 48.2 Å². The third-order valence-electron chi connectivity index (χ3n) is 13.9. The number of anilines is 4. The van der Waals surface area contributed by atoms with E-state index in [9.17, 15) is 30.0 Å². The molecule has 2 saturated heterocycles. The maximum Gasteiger partial charge on any atom is 0.322 e. The average Bonchev–Trinajstić information content (AvgIpc) is 3.59. The van der Waals surface area contributed by atoms with E-state index in [-0.39, 0.29) is 24.0 Å². The first-order valence-corrected chi connectivity index (χ1v) is 24.1. The number of aliphatic hydroxyl groups is 4. The van der Waals surface area contributed by atoms with Crippen molar-refractivity contribution < 1.29 is 30.0 Å². The molecule has 0 unspecified atom stereocenters. The minimum Gasteiger partial charge on any atom is -0.379 e. The van der Waals surface area contributed by atoms with Gasteiger partial charge in [-0.2, -0.15) is 5.26 Å². The second kappa shape index (κ2) is 22.9. The second-order valence-electron chi connectivity index (χ2n) is 18.4. The van der Waals surface area contributed by atoms with E-state index in [4.69, 9.17) is 5.26 Å². The Morgan fingerprint density at radius 3 is 2.24 bits per heavy atom. The second-order valence-corrected chi connectivity index (χ2v) is 18.4. The van der Waals surface area contributed by atoms with Crippen molar-refractivity contribution in [2.45, 2.75) is 127 Å². The van der Waals surface area contributed by atoms with Gasteiger partial charge in [0.05, 0.1) is 11.6 Å². The summed E-state index contributed by atoms with van der Waals surface area (Å²) in [5.74, 6) is 0.671. The SMILES string of the molecule is N#Cc1ccc(NC2CCC(N(C(=O)NCc3ccccc3)c3ccc(N4CCN(CCCCCCCC(=O)Nc5ccc6c(c5)[C@@H](O)N([C@@H]5CC[C@@H](O)N[C@@H]5O)[C@@H]6O)CC4)cc3)CC2)nc1. The predicted molar refractivity (Wildman–Crippen MR) is 258 cm³/mol. The summed E-state index contributed by atoms with van der Waals surface area (Å²) in [6.07, 6.45) is 7.12. The summed E-state index contributed by atoms with van der Waals surface area (Å²) in [6, 6.07) is 28.9. The number of nitrogens with one attached hydrogen (secondary N) is 4. The summed E-state index contributed by atoms with van der Waals surface area (Å²) in [4.78, 5) is 39.5. The van der Waals surface area contributed by atoms with Crippen molar-refractivity contribution in [3.8, 4) is 6.07 Å². The molecule has 3 amide bonds. The molecule has 4 heterocycles. The topological polar surface area (TPSA) is 213 Å². The maximum absolute atomic E-state index is 13.9. The van der Waals surface area contributed by atoms with E-state index in [0.717, 1.165) is 113 Å². The fraction of sp³-hybridized carbons (Fsp3) is 0.490. The Balaban J connectivity index is 0.738. The van der Waals surface area contributed by atoms with E-state index in [1.54, 1.807) is 30.5 Å². The number of amides is 3. The van der Waals surface area contributed by atoms with Gasteiger partial charge < -0.3 is 41.3 Å². The van der Waals surface area contributed by atoms with Gasteiger partial charge in [-0.1, -0.05) is 55.7 Å². The van der Waals surface area contributed by atoms with Crippen LogP contribution in [0.15, 0.2) is 91.1 Å². The van der Waals surface area contributed by atoms with Crippen LogP contribution in [0.3, 0.4) is 0 Å². The van der Waals surface area contributed by atoms with Crippen molar-refractivity contribution in [2.75, 3.05) is 53.2 Å². The highest BCUT2D eigenvalue weighted by Gasteiger charge is 2.45. The largest absolute Gasteiger partial charge is 0.379 e. The molecule has 1 aliphatic carbocycles. The van der Waals surface area contributed by atoms with Crippen LogP contribution in [-0.2, 0) is 11.3 Å². The number of nitriles is 1. The summed E-state index contributed by atoms with van der Waals surface area (Å²) in [7, 11) is 0. The maximum atomic E-state index is 13.9. The molecular formula is C51H66N10O6. The van der Waals surface area contributed by atoms with Crippen molar-refractivity contribution in [3.05, 3.63) is 113 Å². The number of hydrogen-bond donors (Lipinski definition) is 8. The highest BCUT2D eigenvalue weighted by Crippen LogP contribution is 2.43. The lowest BCUT2D eigenvalue weighted by Crippen LogP contribution is -2.57. The predicted octanol–water partition coefficient (Wildman–Crippen LogP) is 5.88. The van der Waals surface area contributed by atoms with Gasteiger partial charge in [0.25, 0.3) is 0 Å². The molecule has 356 valence electrons. The zero-order valence-electron chi connectivity index (χ0n) is 38.2. The molecule has 16 heteroatoms. The Morgan fingerprint density at radius 1 is 0.791 bits per heavy atom. The lowest BCUT2D eigenvalue weighted by Gasteiger charge is -2.40. The number of carbonyl (C=O) groups excluding carboxylic acids is 2. The van der Waals surface area contributed by atoms with Gasteiger partial charge in [0, 0.05) is 85.6 Å². The molecule has 1 saturated carbocycles. The number of rotatable bonds is 17. The summed E-state index contributed by atoms with van der Waals surface area (Å²) in [5, 5.41) is 63.7. The number of piperazine rings is 1. The first-order valence-electron chi connectivity index (χ1n) is 24.1. The van der Waals surface area contributed by atoms with Gasteiger partial charge in [-0.3, -0.25) is 19.9 Å². The zero-order valence-corrected chi connectivity index (χ0v) is 38.2. The summed E-state index contributed by atoms with van der Waals surface area (Å²) < 4.78 is 0. The highest BCUT2D eigenvalue weighted by molar-refractivity contribution is 5.93. The average molecular weight is 915 g/mol. The first kappa shape index (κ1) is 47.8. The first-order chi connectivity index (χ1) is 32.6. The number of aliphatic hydroxyl groups excluding tert-OH is 4. The number of pyridine rings is 1. The monoisotopic (exact) mass is 915 g/mol. The zero-order chi connectivity index (χ0) is 46.7. The van der Waals surface area contributed by atoms with Gasteiger partial charge in [0.1, 0.15) is 36.8 Å². The normalized spacial score (nSPS) is 24.3. The third kappa shape index (κ3) is 12.3. The Kier molecular flexibility index (Phi) is 16.4. The van der Waals surface area contributed by atoms with E-state index in [2.05, 4.69) is 66.4 Å². The van der Waals surface area contributed by atoms with Crippen LogP contribution >= 0.6 is 0 Å². The number of aromatic nitrogens is 1. The number of carbonyl (C=O) groups is 2. The van der Waals surface area contributed by atoms with Gasteiger partial charge in [-0.15, -0.1) is 0 Å². The van der Waals surface area contributed by atoms with Gasteiger partial charge in [-0.05, 0) is 112 Å². The Bertz CT molecular complexity index is 2260. The molecule has 16 nitrogen and oxygen atoms in total. The molecule has 3 aromatic carbocycles. The molecule has 0 radical (unpaired) electrons. The molecule has 0 spiro atoms. The number of fused-ring (bicyclic) bond motifs is 1. The van der Waals surface area contributed by atoms with E-state index in [1.165, 1.54) is 4.90 Å². The van der Waals surface area contributed by atoms with Crippen LogP contribution in [0.2, 0.25) is 0 Å². The molecule has 4 aromatic rings. The van der Waals surface area contributed by atoms with Crippen molar-refractivity contribution >= 4 is 34.8 Å². The quantitative estimate of drug-likeness (QED) is 0.0583. The lowest BCUT2D eigenvalue weighted by molar-refractivity contribution is -0.159. The van der Waals surface area contributed by atoms with Crippen LogP contribution in [0.5, 0.6) is 0 Å². The van der Waals surface area contributed by atoms with Crippen LogP contribution in [-0.4, -0.2) is 110 Å². The molecule has 8 rings (SSSR count). The Morgan fingerprint density at radius 2 is 1.52 bits per heavy atom.